The molecule has 0 saturated heterocycles. The Morgan fingerprint density at radius 3 is 2.59 bits per heavy atom. The number of aromatic amines is 1. The number of benzene rings is 1. The van der Waals surface area contributed by atoms with E-state index in [1.165, 1.54) is 23.5 Å². The minimum Gasteiger partial charge on any atom is -0.341 e. The third-order valence-corrected chi connectivity index (χ3v) is 5.14. The first kappa shape index (κ1) is 19.1. The van der Waals surface area contributed by atoms with Gasteiger partial charge >= 0.3 is 6.18 Å². The molecule has 3 heterocycles. The Balaban J connectivity index is 1.58. The van der Waals surface area contributed by atoms with E-state index in [0.29, 0.717) is 33.6 Å². The summed E-state index contributed by atoms with van der Waals surface area (Å²) in [6.45, 7) is 3.54. The van der Waals surface area contributed by atoms with Gasteiger partial charge in [-0.2, -0.15) is 18.3 Å². The second kappa shape index (κ2) is 6.99. The Hall–Kier alpha value is -3.21. The van der Waals surface area contributed by atoms with Gasteiger partial charge in [0.2, 0.25) is 0 Å². The second-order valence-corrected chi connectivity index (χ2v) is 7.29. The number of nitrogens with zero attached hydrogens (tertiary/aromatic N) is 4. The lowest BCUT2D eigenvalue weighted by atomic mass is 10.1. The highest BCUT2D eigenvalue weighted by Gasteiger charge is 2.30. The van der Waals surface area contributed by atoms with Gasteiger partial charge in [0.25, 0.3) is 5.91 Å². The van der Waals surface area contributed by atoms with E-state index in [4.69, 9.17) is 0 Å². The number of fused-ring (bicyclic) bond motifs is 1. The Kier molecular flexibility index (Phi) is 4.61. The molecule has 2 N–H and O–H groups in total. The van der Waals surface area contributed by atoms with Gasteiger partial charge in [-0.3, -0.25) is 14.3 Å². The molecular formula is C18H15F3N6OS. The van der Waals surface area contributed by atoms with Crippen LogP contribution in [0.15, 0.2) is 35.8 Å². The summed E-state index contributed by atoms with van der Waals surface area (Å²) in [4.78, 5) is 21.8. The molecule has 1 amide bonds. The fourth-order valence-electron chi connectivity index (χ4n) is 2.81. The van der Waals surface area contributed by atoms with Gasteiger partial charge in [-0.15, -0.1) is 11.3 Å². The largest absolute Gasteiger partial charge is 0.416 e. The predicted molar refractivity (Wildman–Crippen MR) is 101 cm³/mol. The van der Waals surface area contributed by atoms with Crippen molar-refractivity contribution in [1.29, 1.82) is 0 Å². The zero-order valence-corrected chi connectivity index (χ0v) is 16.1. The number of H-pyrrole nitrogens is 1. The van der Waals surface area contributed by atoms with Gasteiger partial charge in [-0.05, 0) is 26.0 Å². The first-order chi connectivity index (χ1) is 13.7. The maximum Gasteiger partial charge on any atom is 0.416 e. The fourth-order valence-corrected chi connectivity index (χ4v) is 3.66. The monoisotopic (exact) mass is 420 g/mol. The van der Waals surface area contributed by atoms with Gasteiger partial charge in [-0.1, -0.05) is 12.1 Å². The zero-order valence-electron chi connectivity index (χ0n) is 15.3. The number of aryl methyl sites for hydroxylation is 1. The smallest absolute Gasteiger partial charge is 0.341 e. The summed E-state index contributed by atoms with van der Waals surface area (Å²) in [5.74, 6) is 0.788. The van der Waals surface area contributed by atoms with Gasteiger partial charge in [0.05, 0.1) is 17.3 Å². The molecule has 7 nitrogen and oxygen atoms in total. The number of carbonyl (C=O) groups is 1. The lowest BCUT2D eigenvalue weighted by Crippen LogP contribution is -2.28. The molecule has 0 aliphatic carbocycles. The molecule has 0 radical (unpaired) electrons. The van der Waals surface area contributed by atoms with E-state index in [1.54, 1.807) is 29.8 Å². The van der Waals surface area contributed by atoms with Gasteiger partial charge in [-0.25, -0.2) is 9.97 Å². The number of aromatic nitrogens is 5. The van der Waals surface area contributed by atoms with E-state index >= 15 is 0 Å². The van der Waals surface area contributed by atoms with Crippen molar-refractivity contribution < 1.29 is 18.0 Å². The van der Waals surface area contributed by atoms with Crippen LogP contribution in [0.2, 0.25) is 0 Å². The Morgan fingerprint density at radius 1 is 1.24 bits per heavy atom. The number of carbonyl (C=O) groups excluding carboxylic acids is 1. The van der Waals surface area contributed by atoms with Crippen molar-refractivity contribution in [3.63, 3.8) is 0 Å². The summed E-state index contributed by atoms with van der Waals surface area (Å²) in [5.41, 5.74) is 0.662. The summed E-state index contributed by atoms with van der Waals surface area (Å²) in [6, 6.07) is 4.35. The molecule has 1 atom stereocenters. The van der Waals surface area contributed by atoms with Crippen LogP contribution in [-0.4, -0.2) is 30.5 Å². The maximum atomic E-state index is 12.7. The molecule has 4 aromatic rings. The molecule has 150 valence electrons. The van der Waals surface area contributed by atoms with Crippen LogP contribution in [0, 0.1) is 6.92 Å². The van der Waals surface area contributed by atoms with Crippen molar-refractivity contribution in [2.24, 2.45) is 0 Å². The maximum absolute atomic E-state index is 12.7. The molecule has 1 aromatic carbocycles. The number of alkyl halides is 3. The fraction of sp³-hybridized carbons (Fsp3) is 0.222. The van der Waals surface area contributed by atoms with E-state index in [0.717, 1.165) is 12.1 Å². The average molecular weight is 420 g/mol. The van der Waals surface area contributed by atoms with Crippen LogP contribution < -0.4 is 5.32 Å². The van der Waals surface area contributed by atoms with Crippen molar-refractivity contribution in [2.75, 3.05) is 0 Å². The van der Waals surface area contributed by atoms with Crippen LogP contribution in [0.1, 0.15) is 40.7 Å². The SMILES string of the molecule is Cc1nc(C(C)NC(=O)c2csc3nc(-c4ccc(C(F)(F)F)cc4)cn23)n[nH]1. The van der Waals surface area contributed by atoms with Crippen molar-refractivity contribution in [2.45, 2.75) is 26.1 Å². The molecule has 0 bridgehead atoms. The normalized spacial score (nSPS) is 13.0. The number of amides is 1. The van der Waals surface area contributed by atoms with Crippen LogP contribution in [0.3, 0.4) is 0 Å². The van der Waals surface area contributed by atoms with Gasteiger partial charge < -0.3 is 5.32 Å². The molecule has 1 unspecified atom stereocenters. The van der Waals surface area contributed by atoms with Crippen LogP contribution in [0.25, 0.3) is 16.2 Å². The molecule has 0 fully saturated rings. The zero-order chi connectivity index (χ0) is 20.8. The van der Waals surface area contributed by atoms with Crippen molar-refractivity contribution in [3.05, 3.63) is 58.7 Å². The molecule has 11 heteroatoms. The number of hydrogen-bond donors (Lipinski definition) is 2. The van der Waals surface area contributed by atoms with Crippen molar-refractivity contribution in [3.8, 4) is 11.3 Å². The van der Waals surface area contributed by atoms with Crippen molar-refractivity contribution >= 4 is 22.2 Å². The molecule has 29 heavy (non-hydrogen) atoms. The number of imidazole rings is 1. The highest BCUT2D eigenvalue weighted by molar-refractivity contribution is 7.15. The number of hydrogen-bond acceptors (Lipinski definition) is 5. The molecule has 0 aliphatic rings. The van der Waals surface area contributed by atoms with Gasteiger partial charge in [0.1, 0.15) is 11.5 Å². The third-order valence-electron chi connectivity index (χ3n) is 4.30. The average Bonchev–Trinajstić information content (AvgIpc) is 3.36. The quantitative estimate of drug-likeness (QED) is 0.522. The lowest BCUT2D eigenvalue weighted by molar-refractivity contribution is -0.137. The van der Waals surface area contributed by atoms with Crippen LogP contribution in [0.4, 0.5) is 13.2 Å². The van der Waals surface area contributed by atoms with E-state index < -0.39 is 17.8 Å². The van der Waals surface area contributed by atoms with Crippen LogP contribution in [0.5, 0.6) is 0 Å². The molecule has 3 aromatic heterocycles. The molecular weight excluding hydrogens is 405 g/mol. The standard InChI is InChI=1S/C18H15F3N6OS/c1-9(15-23-10(2)25-26-15)22-16(28)14-8-29-17-24-13(7-27(14)17)11-3-5-12(6-4-11)18(19,20)21/h3-9H,1-2H3,(H,22,28)(H,23,25,26). The van der Waals surface area contributed by atoms with E-state index in [1.807, 2.05) is 0 Å². The number of nitrogens with one attached hydrogen (secondary N) is 2. The van der Waals surface area contributed by atoms with Crippen LogP contribution >= 0.6 is 11.3 Å². The number of rotatable bonds is 4. The Labute approximate surface area is 166 Å². The van der Waals surface area contributed by atoms with E-state index in [9.17, 15) is 18.0 Å². The van der Waals surface area contributed by atoms with Crippen molar-refractivity contribution in [1.82, 2.24) is 29.9 Å². The van der Waals surface area contributed by atoms with Crippen LogP contribution in [-0.2, 0) is 6.18 Å². The minimum absolute atomic E-state index is 0.331. The Bertz CT molecular complexity index is 1170. The van der Waals surface area contributed by atoms with E-state index in [-0.39, 0.29) is 5.91 Å². The van der Waals surface area contributed by atoms with E-state index in [2.05, 4.69) is 25.5 Å². The predicted octanol–water partition coefficient (Wildman–Crippen LogP) is 4.00. The number of halogens is 3. The summed E-state index contributed by atoms with van der Waals surface area (Å²) in [5, 5.41) is 11.3. The summed E-state index contributed by atoms with van der Waals surface area (Å²) in [7, 11) is 0. The molecule has 4 rings (SSSR count). The van der Waals surface area contributed by atoms with Gasteiger partial charge in [0.15, 0.2) is 10.8 Å². The van der Waals surface area contributed by atoms with Gasteiger partial charge in [0, 0.05) is 17.1 Å². The molecule has 0 spiro atoms. The second-order valence-electron chi connectivity index (χ2n) is 6.45. The topological polar surface area (TPSA) is 88.0 Å². The third kappa shape index (κ3) is 3.73. The number of thiazole rings is 1. The summed E-state index contributed by atoms with van der Waals surface area (Å²) in [6.07, 6.45) is -2.76. The lowest BCUT2D eigenvalue weighted by Gasteiger charge is -2.09. The molecule has 0 aliphatic heterocycles. The summed E-state index contributed by atoms with van der Waals surface area (Å²) < 4.78 is 39.8. The highest BCUT2D eigenvalue weighted by Crippen LogP contribution is 2.31. The first-order valence-electron chi connectivity index (χ1n) is 8.56. The highest BCUT2D eigenvalue weighted by atomic mass is 32.1. The summed E-state index contributed by atoms with van der Waals surface area (Å²) >= 11 is 1.27. The molecule has 0 saturated carbocycles. The first-order valence-corrected chi connectivity index (χ1v) is 9.44. The minimum atomic E-state index is -4.39. The Morgan fingerprint density at radius 2 is 1.97 bits per heavy atom.